The zero-order chi connectivity index (χ0) is 10.4. The molecule has 1 heterocycles. The first kappa shape index (κ1) is 11.2. The Morgan fingerprint density at radius 3 is 2.79 bits per heavy atom. The lowest BCUT2D eigenvalue weighted by atomic mass is 10.2. The Morgan fingerprint density at radius 1 is 1.50 bits per heavy atom. The van der Waals surface area contributed by atoms with Crippen LogP contribution >= 0.6 is 11.6 Å². The molecule has 0 aromatic carbocycles. The van der Waals surface area contributed by atoms with Crippen LogP contribution < -0.4 is 5.32 Å². The Balaban J connectivity index is 2.62. The van der Waals surface area contributed by atoms with Gasteiger partial charge in [-0.15, -0.1) is 0 Å². The minimum absolute atomic E-state index is 0.217. The summed E-state index contributed by atoms with van der Waals surface area (Å²) in [5.41, 5.74) is 0. The Morgan fingerprint density at radius 2 is 2.21 bits per heavy atom. The van der Waals surface area contributed by atoms with Gasteiger partial charge in [0.1, 0.15) is 0 Å². The molecule has 0 saturated carbocycles. The monoisotopic (exact) mass is 215 g/mol. The quantitative estimate of drug-likeness (QED) is 0.816. The molecule has 1 unspecified atom stereocenters. The molecular formula is C9H14ClN3O. The Labute approximate surface area is 88.7 Å². The van der Waals surface area contributed by atoms with Crippen LogP contribution in [-0.2, 0) is 4.74 Å². The lowest BCUT2D eigenvalue weighted by Crippen LogP contribution is -2.24. The van der Waals surface area contributed by atoms with Crippen LogP contribution in [0.2, 0.25) is 5.15 Å². The molecule has 0 spiro atoms. The SMILES string of the molecule is CCC(COC)Nc1nccnc1Cl. The third kappa shape index (κ3) is 3.12. The second-order valence-electron chi connectivity index (χ2n) is 2.90. The molecule has 78 valence electrons. The van der Waals surface area contributed by atoms with Gasteiger partial charge in [-0.3, -0.25) is 0 Å². The van der Waals surface area contributed by atoms with E-state index in [1.165, 1.54) is 0 Å². The summed E-state index contributed by atoms with van der Waals surface area (Å²) in [7, 11) is 1.67. The fourth-order valence-corrected chi connectivity index (χ4v) is 1.23. The van der Waals surface area contributed by atoms with Gasteiger partial charge in [0.2, 0.25) is 0 Å². The number of rotatable bonds is 5. The number of nitrogens with one attached hydrogen (secondary N) is 1. The maximum absolute atomic E-state index is 5.85. The van der Waals surface area contributed by atoms with E-state index in [0.29, 0.717) is 17.6 Å². The summed E-state index contributed by atoms with van der Waals surface area (Å²) in [4.78, 5) is 8.01. The van der Waals surface area contributed by atoms with Crippen molar-refractivity contribution >= 4 is 17.4 Å². The van der Waals surface area contributed by atoms with E-state index >= 15 is 0 Å². The van der Waals surface area contributed by atoms with Crippen LogP contribution in [-0.4, -0.2) is 29.7 Å². The van der Waals surface area contributed by atoms with Crippen molar-refractivity contribution < 1.29 is 4.74 Å². The lowest BCUT2D eigenvalue weighted by molar-refractivity contribution is 0.184. The van der Waals surface area contributed by atoms with Crippen LogP contribution in [0, 0.1) is 0 Å². The number of anilines is 1. The highest BCUT2D eigenvalue weighted by molar-refractivity contribution is 6.31. The third-order valence-corrected chi connectivity index (χ3v) is 2.13. The smallest absolute Gasteiger partial charge is 0.171 e. The van der Waals surface area contributed by atoms with Crippen LogP contribution in [0.15, 0.2) is 12.4 Å². The summed E-state index contributed by atoms with van der Waals surface area (Å²) in [5, 5.41) is 3.56. The summed E-state index contributed by atoms with van der Waals surface area (Å²) in [5.74, 6) is 0.609. The number of hydrogen-bond acceptors (Lipinski definition) is 4. The molecule has 0 amide bonds. The summed E-state index contributed by atoms with van der Waals surface area (Å²) >= 11 is 5.85. The van der Waals surface area contributed by atoms with E-state index < -0.39 is 0 Å². The molecule has 0 bridgehead atoms. The molecule has 1 N–H and O–H groups in total. The normalized spacial score (nSPS) is 12.5. The Kier molecular flexibility index (Phi) is 4.62. The lowest BCUT2D eigenvalue weighted by Gasteiger charge is -2.16. The molecular weight excluding hydrogens is 202 g/mol. The maximum atomic E-state index is 5.85. The average Bonchev–Trinajstić information content (AvgIpc) is 2.20. The van der Waals surface area contributed by atoms with Gasteiger partial charge >= 0.3 is 0 Å². The molecule has 1 aromatic heterocycles. The number of halogens is 1. The molecule has 0 fully saturated rings. The maximum Gasteiger partial charge on any atom is 0.171 e. The molecule has 0 aliphatic rings. The molecule has 14 heavy (non-hydrogen) atoms. The molecule has 5 heteroatoms. The van der Waals surface area contributed by atoms with Crippen molar-refractivity contribution in [2.45, 2.75) is 19.4 Å². The predicted octanol–water partition coefficient (Wildman–Crippen LogP) is 1.97. The minimum atomic E-state index is 0.217. The highest BCUT2D eigenvalue weighted by atomic mass is 35.5. The van der Waals surface area contributed by atoms with Gasteiger partial charge in [-0.05, 0) is 6.42 Å². The highest BCUT2D eigenvalue weighted by Crippen LogP contribution is 2.15. The molecule has 4 nitrogen and oxygen atoms in total. The Bertz CT molecular complexity index is 283. The van der Waals surface area contributed by atoms with E-state index in [4.69, 9.17) is 16.3 Å². The van der Waals surface area contributed by atoms with E-state index in [1.807, 2.05) is 0 Å². The predicted molar refractivity (Wildman–Crippen MR) is 56.6 cm³/mol. The van der Waals surface area contributed by atoms with Gasteiger partial charge in [0.05, 0.1) is 12.6 Å². The first-order chi connectivity index (χ1) is 6.77. The van der Waals surface area contributed by atoms with Crippen molar-refractivity contribution in [3.05, 3.63) is 17.5 Å². The number of aromatic nitrogens is 2. The summed E-state index contributed by atoms with van der Waals surface area (Å²) in [6.45, 7) is 2.70. The van der Waals surface area contributed by atoms with E-state index in [2.05, 4.69) is 22.2 Å². The van der Waals surface area contributed by atoms with Crippen LogP contribution in [0.3, 0.4) is 0 Å². The largest absolute Gasteiger partial charge is 0.383 e. The van der Waals surface area contributed by atoms with Gasteiger partial charge in [-0.25, -0.2) is 9.97 Å². The number of hydrogen-bond donors (Lipinski definition) is 1. The van der Waals surface area contributed by atoms with Gasteiger partial charge in [-0.1, -0.05) is 18.5 Å². The van der Waals surface area contributed by atoms with Crippen molar-refractivity contribution in [2.75, 3.05) is 19.0 Å². The van der Waals surface area contributed by atoms with E-state index in [-0.39, 0.29) is 6.04 Å². The molecule has 0 radical (unpaired) electrons. The fourth-order valence-electron chi connectivity index (χ4n) is 1.07. The fraction of sp³-hybridized carbons (Fsp3) is 0.556. The molecule has 1 aromatic rings. The topological polar surface area (TPSA) is 47.0 Å². The van der Waals surface area contributed by atoms with Crippen molar-refractivity contribution in [2.24, 2.45) is 0 Å². The standard InChI is InChI=1S/C9H14ClN3O/c1-3-7(6-14-2)13-9-8(10)11-4-5-12-9/h4-5,7H,3,6H2,1-2H3,(H,12,13). The van der Waals surface area contributed by atoms with E-state index in [1.54, 1.807) is 19.5 Å². The third-order valence-electron chi connectivity index (χ3n) is 1.86. The summed E-state index contributed by atoms with van der Waals surface area (Å²) in [6, 6.07) is 0.217. The molecule has 1 rings (SSSR count). The zero-order valence-electron chi connectivity index (χ0n) is 8.33. The number of nitrogens with zero attached hydrogens (tertiary/aromatic N) is 2. The van der Waals surface area contributed by atoms with Crippen LogP contribution in [0.4, 0.5) is 5.82 Å². The summed E-state index contributed by atoms with van der Waals surface area (Å²) in [6.07, 6.45) is 4.11. The molecule has 0 aliphatic heterocycles. The van der Waals surface area contributed by atoms with Gasteiger partial charge in [0.15, 0.2) is 11.0 Å². The van der Waals surface area contributed by atoms with Gasteiger partial charge in [0, 0.05) is 19.5 Å². The highest BCUT2D eigenvalue weighted by Gasteiger charge is 2.08. The average molecular weight is 216 g/mol. The van der Waals surface area contributed by atoms with Gasteiger partial charge in [0.25, 0.3) is 0 Å². The van der Waals surface area contributed by atoms with E-state index in [9.17, 15) is 0 Å². The van der Waals surface area contributed by atoms with Crippen LogP contribution in [0.5, 0.6) is 0 Å². The minimum Gasteiger partial charge on any atom is -0.383 e. The summed E-state index contributed by atoms with van der Waals surface area (Å²) < 4.78 is 5.05. The zero-order valence-corrected chi connectivity index (χ0v) is 9.08. The van der Waals surface area contributed by atoms with Crippen LogP contribution in [0.25, 0.3) is 0 Å². The second kappa shape index (κ2) is 5.78. The first-order valence-electron chi connectivity index (χ1n) is 4.50. The van der Waals surface area contributed by atoms with Crippen LogP contribution in [0.1, 0.15) is 13.3 Å². The Hall–Kier alpha value is -0.870. The first-order valence-corrected chi connectivity index (χ1v) is 4.87. The molecule has 0 saturated heterocycles. The van der Waals surface area contributed by atoms with Gasteiger partial charge < -0.3 is 10.1 Å². The second-order valence-corrected chi connectivity index (χ2v) is 3.26. The van der Waals surface area contributed by atoms with Crippen molar-refractivity contribution in [3.63, 3.8) is 0 Å². The van der Waals surface area contributed by atoms with Crippen molar-refractivity contribution in [1.82, 2.24) is 9.97 Å². The van der Waals surface area contributed by atoms with Crippen molar-refractivity contribution in [3.8, 4) is 0 Å². The molecule has 0 aliphatic carbocycles. The molecule has 1 atom stereocenters. The van der Waals surface area contributed by atoms with Gasteiger partial charge in [-0.2, -0.15) is 0 Å². The number of methoxy groups -OCH3 is 1. The van der Waals surface area contributed by atoms with Crippen molar-refractivity contribution in [1.29, 1.82) is 0 Å². The number of ether oxygens (including phenoxy) is 1. The van der Waals surface area contributed by atoms with E-state index in [0.717, 1.165) is 6.42 Å².